The highest BCUT2D eigenvalue weighted by molar-refractivity contribution is 7.15. The van der Waals surface area contributed by atoms with Crippen molar-refractivity contribution in [2.45, 2.75) is 76.7 Å². The highest BCUT2D eigenvalue weighted by Gasteiger charge is 2.64. The molecule has 3 N–H and O–H groups in total. The number of aromatic hydroxyl groups is 1. The zero-order chi connectivity index (χ0) is 24.1. The van der Waals surface area contributed by atoms with Crippen LogP contribution in [0.3, 0.4) is 0 Å². The molecule has 0 spiro atoms. The van der Waals surface area contributed by atoms with Crippen LogP contribution in [0.2, 0.25) is 0 Å². The van der Waals surface area contributed by atoms with Crippen LogP contribution in [0.1, 0.15) is 73.8 Å². The smallest absolute Gasteiger partial charge is 0.226 e. The van der Waals surface area contributed by atoms with Crippen molar-refractivity contribution in [3.8, 4) is 11.8 Å². The van der Waals surface area contributed by atoms with E-state index in [4.69, 9.17) is 0 Å². The average molecular weight is 480 g/mol. The molecular weight excluding hydrogens is 446 g/mol. The number of aliphatic hydroxyl groups is 1. The molecule has 1 aromatic carbocycles. The van der Waals surface area contributed by atoms with E-state index < -0.39 is 5.60 Å². The summed E-state index contributed by atoms with van der Waals surface area (Å²) in [6.45, 7) is 4.15. The Morgan fingerprint density at radius 1 is 1.38 bits per heavy atom. The zero-order valence-corrected chi connectivity index (χ0v) is 20.7. The van der Waals surface area contributed by atoms with Crippen molar-refractivity contribution in [3.63, 3.8) is 0 Å². The van der Waals surface area contributed by atoms with Crippen molar-refractivity contribution in [1.82, 2.24) is 4.98 Å². The summed E-state index contributed by atoms with van der Waals surface area (Å²) < 4.78 is 0. The van der Waals surface area contributed by atoms with Crippen molar-refractivity contribution in [2.24, 2.45) is 23.2 Å². The Morgan fingerprint density at radius 2 is 2.21 bits per heavy atom. The second-order valence-corrected chi connectivity index (χ2v) is 12.1. The molecule has 0 radical (unpaired) electrons. The van der Waals surface area contributed by atoms with Crippen molar-refractivity contribution in [2.75, 3.05) is 5.32 Å². The Hall–Kier alpha value is -2.43. The van der Waals surface area contributed by atoms with Crippen LogP contribution >= 0.6 is 11.3 Å². The number of hydrogen-bond donors (Lipinski definition) is 3. The van der Waals surface area contributed by atoms with E-state index in [-0.39, 0.29) is 29.6 Å². The first-order chi connectivity index (χ1) is 16.2. The lowest BCUT2D eigenvalue weighted by molar-refractivity contribution is -0.116. The number of thiazole rings is 1. The fraction of sp³-hybridized carbons (Fsp3) is 0.593. The van der Waals surface area contributed by atoms with Gasteiger partial charge in [0.25, 0.3) is 0 Å². The van der Waals surface area contributed by atoms with Crippen LogP contribution in [0, 0.1) is 41.4 Å². The van der Waals surface area contributed by atoms with E-state index in [2.05, 4.69) is 29.4 Å². The van der Waals surface area contributed by atoms with Crippen LogP contribution in [0.25, 0.3) is 0 Å². The molecule has 1 heterocycles. The van der Waals surface area contributed by atoms with Crippen molar-refractivity contribution < 1.29 is 15.0 Å². The molecular formula is C27H33N3O3S. The highest BCUT2D eigenvalue weighted by atomic mass is 32.1. The van der Waals surface area contributed by atoms with E-state index in [9.17, 15) is 20.3 Å². The van der Waals surface area contributed by atoms with Gasteiger partial charge in [-0.2, -0.15) is 5.26 Å². The largest absolute Gasteiger partial charge is 0.508 e. The van der Waals surface area contributed by atoms with Gasteiger partial charge in [0, 0.05) is 22.9 Å². The summed E-state index contributed by atoms with van der Waals surface area (Å²) in [5.74, 6) is 1.56. The van der Waals surface area contributed by atoms with Gasteiger partial charge in [-0.05, 0) is 92.4 Å². The van der Waals surface area contributed by atoms with Gasteiger partial charge in [-0.25, -0.2) is 4.98 Å². The number of fused-ring (bicyclic) bond motifs is 5. The van der Waals surface area contributed by atoms with E-state index in [1.54, 1.807) is 12.3 Å². The molecule has 6 atom stereocenters. The lowest BCUT2D eigenvalue weighted by Gasteiger charge is -2.53. The minimum Gasteiger partial charge on any atom is -0.508 e. The predicted octanol–water partition coefficient (Wildman–Crippen LogP) is 5.30. The number of nitriles is 1. The molecule has 6 nitrogen and oxygen atoms in total. The first kappa shape index (κ1) is 23.3. The number of hydrogen-bond acceptors (Lipinski definition) is 6. The molecule has 7 heteroatoms. The molecule has 180 valence electrons. The number of carbonyl (C=O) groups excluding carboxylic acids is 1. The number of aromatic nitrogens is 1. The van der Waals surface area contributed by atoms with Gasteiger partial charge >= 0.3 is 0 Å². The van der Waals surface area contributed by atoms with Crippen LogP contribution in [-0.4, -0.2) is 26.7 Å². The van der Waals surface area contributed by atoms with Gasteiger partial charge in [-0.15, -0.1) is 11.3 Å². The molecule has 0 aliphatic heterocycles. The number of carbonyl (C=O) groups is 1. The van der Waals surface area contributed by atoms with Crippen LogP contribution in [0.4, 0.5) is 5.13 Å². The van der Waals surface area contributed by atoms with Crippen LogP contribution in [0.5, 0.6) is 5.75 Å². The van der Waals surface area contributed by atoms with E-state index in [1.165, 1.54) is 22.5 Å². The van der Waals surface area contributed by atoms with Crippen LogP contribution < -0.4 is 5.32 Å². The van der Waals surface area contributed by atoms with Crippen molar-refractivity contribution in [1.29, 1.82) is 5.26 Å². The fourth-order valence-electron chi connectivity index (χ4n) is 7.62. The van der Waals surface area contributed by atoms with Gasteiger partial charge in [0.05, 0.1) is 18.1 Å². The second kappa shape index (κ2) is 8.66. The average Bonchev–Trinajstić information content (AvgIpc) is 3.30. The number of rotatable bonds is 5. The Labute approximate surface area is 205 Å². The maximum absolute atomic E-state index is 12.7. The Kier molecular flexibility index (Phi) is 5.94. The van der Waals surface area contributed by atoms with Gasteiger partial charge in [-0.3, -0.25) is 4.79 Å². The van der Waals surface area contributed by atoms with Gasteiger partial charge in [0.1, 0.15) is 5.75 Å². The normalized spacial score (nSPS) is 33.9. The van der Waals surface area contributed by atoms with Crippen LogP contribution in [0.15, 0.2) is 24.4 Å². The number of benzene rings is 1. The number of amides is 1. The molecule has 34 heavy (non-hydrogen) atoms. The topological polar surface area (TPSA) is 106 Å². The number of nitrogens with one attached hydrogen (secondary N) is 1. The van der Waals surface area contributed by atoms with E-state index in [0.29, 0.717) is 42.0 Å². The minimum atomic E-state index is -1.01. The second-order valence-electron chi connectivity index (χ2n) is 10.9. The van der Waals surface area contributed by atoms with Gasteiger partial charge in [0.2, 0.25) is 5.91 Å². The Balaban J connectivity index is 1.40. The number of phenols is 1. The predicted molar refractivity (Wildman–Crippen MR) is 131 cm³/mol. The number of aryl methyl sites for hydroxylation is 2. The molecule has 2 aromatic rings. The van der Waals surface area contributed by atoms with Gasteiger partial charge < -0.3 is 15.5 Å². The van der Waals surface area contributed by atoms with E-state index >= 15 is 0 Å². The summed E-state index contributed by atoms with van der Waals surface area (Å²) in [6, 6.07) is 8.04. The quantitative estimate of drug-likeness (QED) is 0.539. The number of nitrogens with zero attached hydrogens (tertiary/aromatic N) is 2. The van der Waals surface area contributed by atoms with E-state index in [1.807, 2.05) is 13.0 Å². The van der Waals surface area contributed by atoms with Crippen LogP contribution in [-0.2, 0) is 11.2 Å². The summed E-state index contributed by atoms with van der Waals surface area (Å²) >= 11 is 1.47. The third-order valence-corrected chi connectivity index (χ3v) is 9.94. The number of anilines is 1. The first-order valence-electron chi connectivity index (χ1n) is 12.4. The van der Waals surface area contributed by atoms with Gasteiger partial charge in [-0.1, -0.05) is 13.0 Å². The lowest BCUT2D eigenvalue weighted by Crippen LogP contribution is -2.51. The minimum absolute atomic E-state index is 0.0383. The summed E-state index contributed by atoms with van der Waals surface area (Å²) in [6.07, 6.45) is 7.37. The third-order valence-electron chi connectivity index (χ3n) is 9.11. The molecule has 1 amide bonds. The van der Waals surface area contributed by atoms with Crippen molar-refractivity contribution in [3.05, 3.63) is 40.4 Å². The summed E-state index contributed by atoms with van der Waals surface area (Å²) in [5, 5.41) is 34.8. The van der Waals surface area contributed by atoms with Crippen molar-refractivity contribution >= 4 is 22.4 Å². The zero-order valence-electron chi connectivity index (χ0n) is 19.9. The maximum atomic E-state index is 12.7. The molecule has 3 aliphatic rings. The standard InChI is InChI=1S/C27H33N3O3S/c1-16-15-29-25(34-16)30-23(32)8-4-18-14-27(33,11-12-28)26(2)10-9-21-20-7-5-19(31)13-17(20)3-6-22(21)24(18)26/h5,7,13,15,18,21-22,24,31,33H,3-4,6,8-11,14H2,1-2H3,(H,29,30,32)/t18-,21?,22?,24?,26+,27+/m1/s1. The highest BCUT2D eigenvalue weighted by Crippen LogP contribution is 2.67. The molecule has 2 fully saturated rings. The van der Waals surface area contributed by atoms with E-state index in [0.717, 1.165) is 30.6 Å². The monoisotopic (exact) mass is 479 g/mol. The van der Waals surface area contributed by atoms with Gasteiger partial charge in [0.15, 0.2) is 5.13 Å². The molecule has 5 rings (SSSR count). The SMILES string of the molecule is Cc1cnc(NC(=O)CC[C@@H]2C[C@@](O)(CC#N)[C@@]3(C)CCC4c5ccc(O)cc5CCC4C23)s1. The fourth-order valence-corrected chi connectivity index (χ4v) is 8.30. The summed E-state index contributed by atoms with van der Waals surface area (Å²) in [4.78, 5) is 18.0. The molecule has 0 bridgehead atoms. The maximum Gasteiger partial charge on any atom is 0.226 e. The third kappa shape index (κ3) is 3.81. The molecule has 3 aliphatic carbocycles. The molecule has 3 unspecified atom stereocenters. The summed E-state index contributed by atoms with van der Waals surface area (Å²) in [5.41, 5.74) is 1.23. The molecule has 2 saturated carbocycles. The Morgan fingerprint density at radius 3 is 2.94 bits per heavy atom. The molecule has 1 aromatic heterocycles. The molecule has 0 saturated heterocycles. The number of phenolic OH excluding ortho intramolecular Hbond substituents is 1. The Bertz CT molecular complexity index is 1140. The lowest BCUT2D eigenvalue weighted by atomic mass is 9.52. The first-order valence-corrected chi connectivity index (χ1v) is 13.2. The summed E-state index contributed by atoms with van der Waals surface area (Å²) in [7, 11) is 0.